The number of amidine groups is 1. The largest absolute Gasteiger partial charge is 0.387 e. The second kappa shape index (κ2) is 4.28. The average molecular weight is 197 g/mol. The van der Waals surface area contributed by atoms with Gasteiger partial charge in [0.05, 0.1) is 16.5 Å². The van der Waals surface area contributed by atoms with E-state index in [0.29, 0.717) is 10.9 Å². The van der Waals surface area contributed by atoms with Crippen LogP contribution in [0.4, 0.5) is 5.69 Å². The van der Waals surface area contributed by atoms with Gasteiger partial charge in [-0.1, -0.05) is 24.6 Å². The van der Waals surface area contributed by atoms with E-state index in [2.05, 4.69) is 4.99 Å². The van der Waals surface area contributed by atoms with Gasteiger partial charge in [0.2, 0.25) is 0 Å². The second-order valence-corrected chi connectivity index (χ2v) is 3.32. The van der Waals surface area contributed by atoms with Gasteiger partial charge in [-0.05, 0) is 24.6 Å². The highest BCUT2D eigenvalue weighted by molar-refractivity contribution is 6.33. The smallest absolute Gasteiger partial charge is 0.0994 e. The number of hydrogen-bond acceptors (Lipinski definition) is 1. The van der Waals surface area contributed by atoms with Crippen LogP contribution in [0.5, 0.6) is 0 Å². The Kier molecular flexibility index (Phi) is 3.32. The number of hydrogen-bond donors (Lipinski definition) is 1. The van der Waals surface area contributed by atoms with Crippen LogP contribution in [0, 0.1) is 6.92 Å². The molecule has 0 amide bonds. The molecule has 2 nitrogen and oxygen atoms in total. The molecule has 0 aliphatic heterocycles. The minimum absolute atomic E-state index is 0.603. The van der Waals surface area contributed by atoms with Crippen molar-refractivity contribution in [3.63, 3.8) is 0 Å². The van der Waals surface area contributed by atoms with E-state index in [-0.39, 0.29) is 0 Å². The van der Waals surface area contributed by atoms with Crippen LogP contribution in [-0.2, 0) is 0 Å². The zero-order chi connectivity index (χ0) is 9.84. The van der Waals surface area contributed by atoms with Crippen molar-refractivity contribution in [1.29, 1.82) is 0 Å². The fraction of sp³-hybridized carbons (Fsp3) is 0.300. The Bertz CT molecular complexity index is 332. The first-order chi connectivity index (χ1) is 6.13. The quantitative estimate of drug-likeness (QED) is 0.573. The molecule has 0 saturated heterocycles. The van der Waals surface area contributed by atoms with Gasteiger partial charge < -0.3 is 5.73 Å². The molecule has 1 aromatic rings. The first-order valence-electron chi connectivity index (χ1n) is 4.22. The highest BCUT2D eigenvalue weighted by atomic mass is 35.5. The lowest BCUT2D eigenvalue weighted by atomic mass is 10.2. The lowest BCUT2D eigenvalue weighted by molar-refractivity contribution is 1.23. The van der Waals surface area contributed by atoms with E-state index >= 15 is 0 Å². The second-order valence-electron chi connectivity index (χ2n) is 2.91. The fourth-order valence-corrected chi connectivity index (χ4v) is 1.21. The van der Waals surface area contributed by atoms with E-state index in [9.17, 15) is 0 Å². The molecule has 2 N–H and O–H groups in total. The van der Waals surface area contributed by atoms with Gasteiger partial charge in [0.25, 0.3) is 0 Å². The summed E-state index contributed by atoms with van der Waals surface area (Å²) in [6.07, 6.45) is 0.740. The highest BCUT2D eigenvalue weighted by Gasteiger charge is 1.98. The van der Waals surface area contributed by atoms with Gasteiger partial charge in [-0.15, -0.1) is 0 Å². The number of nitrogens with zero attached hydrogens (tertiary/aromatic N) is 1. The lowest BCUT2D eigenvalue weighted by Crippen LogP contribution is -2.08. The van der Waals surface area contributed by atoms with Crippen LogP contribution in [0.25, 0.3) is 0 Å². The topological polar surface area (TPSA) is 38.4 Å². The van der Waals surface area contributed by atoms with E-state index in [0.717, 1.165) is 17.7 Å². The summed E-state index contributed by atoms with van der Waals surface area (Å²) in [4.78, 5) is 4.18. The molecule has 0 unspecified atom stereocenters. The highest BCUT2D eigenvalue weighted by Crippen LogP contribution is 2.25. The summed E-state index contributed by atoms with van der Waals surface area (Å²) >= 11 is 5.97. The SMILES string of the molecule is CCC(N)=Nc1ccc(C)cc1Cl. The van der Waals surface area contributed by atoms with E-state index in [4.69, 9.17) is 17.3 Å². The molecule has 0 fully saturated rings. The third-order valence-corrected chi connectivity index (χ3v) is 2.03. The molecule has 1 rings (SSSR count). The Morgan fingerprint density at radius 2 is 2.23 bits per heavy atom. The minimum Gasteiger partial charge on any atom is -0.387 e. The predicted octanol–water partition coefficient (Wildman–Crippen LogP) is 3.05. The van der Waals surface area contributed by atoms with Gasteiger partial charge >= 0.3 is 0 Å². The number of benzene rings is 1. The van der Waals surface area contributed by atoms with Crippen LogP contribution in [0.1, 0.15) is 18.9 Å². The zero-order valence-electron chi connectivity index (χ0n) is 7.84. The zero-order valence-corrected chi connectivity index (χ0v) is 8.60. The minimum atomic E-state index is 0.603. The van der Waals surface area contributed by atoms with Crippen molar-refractivity contribution in [2.75, 3.05) is 0 Å². The summed E-state index contributed by atoms with van der Waals surface area (Å²) < 4.78 is 0. The van der Waals surface area contributed by atoms with Gasteiger partial charge in [-0.3, -0.25) is 0 Å². The van der Waals surface area contributed by atoms with Crippen molar-refractivity contribution in [3.8, 4) is 0 Å². The van der Waals surface area contributed by atoms with Crippen LogP contribution >= 0.6 is 11.6 Å². The Hall–Kier alpha value is -1.02. The third-order valence-electron chi connectivity index (χ3n) is 1.73. The van der Waals surface area contributed by atoms with E-state index in [1.54, 1.807) is 0 Å². The maximum Gasteiger partial charge on any atom is 0.0994 e. The molecule has 0 aliphatic carbocycles. The number of nitrogens with two attached hydrogens (primary N) is 1. The number of halogens is 1. The van der Waals surface area contributed by atoms with Crippen molar-refractivity contribution in [2.45, 2.75) is 20.3 Å². The van der Waals surface area contributed by atoms with Crippen LogP contribution in [-0.4, -0.2) is 5.84 Å². The standard InChI is InChI=1S/C10H13ClN2/c1-3-10(12)13-9-5-4-7(2)6-8(9)11/h4-6H,3H2,1-2H3,(H2,12,13). The van der Waals surface area contributed by atoms with Gasteiger partial charge in [0.15, 0.2) is 0 Å². The third kappa shape index (κ3) is 2.74. The first kappa shape index (κ1) is 10.1. The average Bonchev–Trinajstić information content (AvgIpc) is 2.09. The molecular formula is C10H13ClN2. The number of aliphatic imine (C=N–C) groups is 1. The first-order valence-corrected chi connectivity index (χ1v) is 4.60. The molecule has 0 saturated carbocycles. The van der Waals surface area contributed by atoms with E-state index < -0.39 is 0 Å². The maximum atomic E-state index is 5.97. The summed E-state index contributed by atoms with van der Waals surface area (Å²) in [6.45, 7) is 3.95. The molecule has 0 radical (unpaired) electrons. The number of aryl methyl sites for hydroxylation is 1. The summed E-state index contributed by atoms with van der Waals surface area (Å²) in [5.74, 6) is 0.603. The Balaban J connectivity index is 3.03. The molecule has 0 spiro atoms. The molecule has 13 heavy (non-hydrogen) atoms. The maximum absolute atomic E-state index is 5.97. The van der Waals surface area contributed by atoms with Crippen molar-refractivity contribution < 1.29 is 0 Å². The van der Waals surface area contributed by atoms with Gasteiger partial charge in [-0.25, -0.2) is 4.99 Å². The van der Waals surface area contributed by atoms with Crippen LogP contribution in [0.15, 0.2) is 23.2 Å². The van der Waals surface area contributed by atoms with Crippen molar-refractivity contribution in [1.82, 2.24) is 0 Å². The van der Waals surface area contributed by atoms with E-state index in [1.165, 1.54) is 0 Å². The van der Waals surface area contributed by atoms with Crippen LogP contribution in [0.2, 0.25) is 5.02 Å². The summed E-state index contributed by atoms with van der Waals surface area (Å²) in [7, 11) is 0. The number of rotatable bonds is 2. The summed E-state index contributed by atoms with van der Waals surface area (Å²) in [6, 6.07) is 5.72. The summed E-state index contributed by atoms with van der Waals surface area (Å²) in [5, 5.41) is 0.649. The predicted molar refractivity (Wildman–Crippen MR) is 57.8 cm³/mol. The van der Waals surface area contributed by atoms with Crippen molar-refractivity contribution >= 4 is 23.1 Å². The monoisotopic (exact) mass is 196 g/mol. The van der Waals surface area contributed by atoms with Gasteiger partial charge in [-0.2, -0.15) is 0 Å². The lowest BCUT2D eigenvalue weighted by Gasteiger charge is -2.00. The normalized spacial score (nSPS) is 11.8. The summed E-state index contributed by atoms with van der Waals surface area (Å²) in [5.41, 5.74) is 7.47. The Labute approximate surface area is 83.4 Å². The van der Waals surface area contributed by atoms with Crippen molar-refractivity contribution in [3.05, 3.63) is 28.8 Å². The fourth-order valence-electron chi connectivity index (χ4n) is 0.936. The van der Waals surface area contributed by atoms with Crippen LogP contribution in [0.3, 0.4) is 0 Å². The Morgan fingerprint density at radius 1 is 1.54 bits per heavy atom. The molecular weight excluding hydrogens is 184 g/mol. The molecule has 0 atom stereocenters. The Morgan fingerprint density at radius 3 is 2.77 bits per heavy atom. The van der Waals surface area contributed by atoms with E-state index in [1.807, 2.05) is 32.0 Å². The van der Waals surface area contributed by atoms with Gasteiger partial charge in [0.1, 0.15) is 0 Å². The molecule has 3 heteroatoms. The van der Waals surface area contributed by atoms with Crippen molar-refractivity contribution in [2.24, 2.45) is 10.7 Å². The molecule has 0 bridgehead atoms. The molecule has 0 aliphatic rings. The molecule has 70 valence electrons. The molecule has 1 aromatic carbocycles. The van der Waals surface area contributed by atoms with Crippen LogP contribution < -0.4 is 5.73 Å². The molecule has 0 heterocycles. The molecule has 0 aromatic heterocycles. The van der Waals surface area contributed by atoms with Gasteiger partial charge in [0, 0.05) is 6.42 Å².